The number of anilines is 1. The van der Waals surface area contributed by atoms with E-state index < -0.39 is 5.91 Å². The number of benzene rings is 2. The molecule has 0 atom stereocenters. The number of ether oxygens (including phenoxy) is 1. The van der Waals surface area contributed by atoms with E-state index in [9.17, 15) is 15.0 Å². The highest BCUT2D eigenvalue weighted by Crippen LogP contribution is 2.42. The molecule has 5 N–H and O–H groups in total. The number of nitrogens with one attached hydrogen (secondary N) is 1. The van der Waals surface area contributed by atoms with Crippen molar-refractivity contribution in [2.75, 3.05) is 18.5 Å². The van der Waals surface area contributed by atoms with Crippen LogP contribution >= 0.6 is 0 Å². The molecular weight excluding hydrogens is 356 g/mol. The van der Waals surface area contributed by atoms with Gasteiger partial charge in [0.05, 0.1) is 25.0 Å². The number of amides is 1. The molecule has 148 valence electrons. The first-order valence-electron chi connectivity index (χ1n) is 9.36. The molecule has 0 fully saturated rings. The Morgan fingerprint density at radius 2 is 2.04 bits per heavy atom. The highest BCUT2D eigenvalue weighted by molar-refractivity contribution is 5.92. The van der Waals surface area contributed by atoms with Gasteiger partial charge in [-0.05, 0) is 23.1 Å². The van der Waals surface area contributed by atoms with Crippen molar-refractivity contribution < 1.29 is 19.7 Å². The monoisotopic (exact) mass is 382 g/mol. The van der Waals surface area contributed by atoms with Gasteiger partial charge in [0.15, 0.2) is 0 Å². The molecule has 6 heteroatoms. The molecule has 0 unspecified atom stereocenters. The fourth-order valence-electron chi connectivity index (χ4n) is 3.43. The van der Waals surface area contributed by atoms with Crippen molar-refractivity contribution in [1.82, 2.24) is 0 Å². The van der Waals surface area contributed by atoms with E-state index >= 15 is 0 Å². The summed E-state index contributed by atoms with van der Waals surface area (Å²) in [5.41, 5.74) is 10.9. The van der Waals surface area contributed by atoms with Crippen LogP contribution in [0.1, 0.15) is 36.5 Å². The Balaban J connectivity index is 2.03. The summed E-state index contributed by atoms with van der Waals surface area (Å²) in [6.45, 7) is 4.77. The average molecular weight is 382 g/mol. The molecule has 0 aromatic heterocycles. The van der Waals surface area contributed by atoms with E-state index in [0.29, 0.717) is 30.9 Å². The molecule has 1 heterocycles. The van der Waals surface area contributed by atoms with Crippen molar-refractivity contribution in [3.63, 3.8) is 0 Å². The number of nitrogens with two attached hydrogens (primary N) is 1. The van der Waals surface area contributed by atoms with Crippen molar-refractivity contribution in [2.45, 2.75) is 32.8 Å². The second kappa shape index (κ2) is 8.35. The van der Waals surface area contributed by atoms with Crippen LogP contribution in [0.2, 0.25) is 0 Å². The molecule has 0 saturated heterocycles. The third-order valence-corrected chi connectivity index (χ3v) is 5.08. The Hall–Kier alpha value is -2.99. The van der Waals surface area contributed by atoms with E-state index in [4.69, 9.17) is 10.5 Å². The molecule has 0 saturated carbocycles. The second-order valence-electron chi connectivity index (χ2n) is 7.16. The van der Waals surface area contributed by atoms with Gasteiger partial charge in [-0.3, -0.25) is 4.79 Å². The summed E-state index contributed by atoms with van der Waals surface area (Å²) in [5, 5.41) is 22.2. The SMILES string of the molecule is CC(C)c1ccc(-c2cc(NCC(=CO)C(N)=O)c(CO)c3c2OCC3)cc1. The summed E-state index contributed by atoms with van der Waals surface area (Å²) in [4.78, 5) is 11.4. The van der Waals surface area contributed by atoms with E-state index in [1.165, 1.54) is 5.56 Å². The van der Waals surface area contributed by atoms with Crippen molar-refractivity contribution in [3.05, 3.63) is 58.9 Å². The molecule has 2 aromatic rings. The molecule has 1 aliphatic heterocycles. The maximum absolute atomic E-state index is 11.4. The highest BCUT2D eigenvalue weighted by atomic mass is 16.5. The minimum Gasteiger partial charge on any atom is -0.515 e. The van der Waals surface area contributed by atoms with Gasteiger partial charge in [0.1, 0.15) is 5.75 Å². The van der Waals surface area contributed by atoms with Crippen LogP contribution in [0.5, 0.6) is 5.75 Å². The number of aliphatic hydroxyl groups excluding tert-OH is 2. The standard InChI is InChI=1S/C22H26N2O4/c1-13(2)14-3-5-15(6-4-14)18-9-20(24-10-16(11-25)22(23)27)19(12-26)17-7-8-28-21(17)18/h3-6,9,11,13,24-26H,7-8,10,12H2,1-2H3,(H2,23,27). The molecule has 6 nitrogen and oxygen atoms in total. The molecule has 1 amide bonds. The lowest BCUT2D eigenvalue weighted by Gasteiger charge is -2.18. The first kappa shape index (κ1) is 19.8. The van der Waals surface area contributed by atoms with Gasteiger partial charge in [0, 0.05) is 35.3 Å². The van der Waals surface area contributed by atoms with E-state index in [1.54, 1.807) is 0 Å². The van der Waals surface area contributed by atoms with Gasteiger partial charge in [0.2, 0.25) is 5.91 Å². The Morgan fingerprint density at radius 1 is 1.32 bits per heavy atom. The summed E-state index contributed by atoms with van der Waals surface area (Å²) < 4.78 is 5.88. The quantitative estimate of drug-likeness (QED) is 0.435. The molecule has 0 radical (unpaired) electrons. The number of fused-ring (bicyclic) bond motifs is 1. The van der Waals surface area contributed by atoms with E-state index in [2.05, 4.69) is 43.4 Å². The van der Waals surface area contributed by atoms with Crippen molar-refractivity contribution in [1.29, 1.82) is 0 Å². The molecule has 0 aliphatic carbocycles. The third kappa shape index (κ3) is 3.82. The Bertz CT molecular complexity index is 902. The van der Waals surface area contributed by atoms with Crippen LogP contribution in [-0.2, 0) is 17.8 Å². The van der Waals surface area contributed by atoms with Crippen LogP contribution in [0.25, 0.3) is 11.1 Å². The van der Waals surface area contributed by atoms with Crippen LogP contribution in [0.15, 0.2) is 42.2 Å². The van der Waals surface area contributed by atoms with Crippen LogP contribution in [0.4, 0.5) is 5.69 Å². The summed E-state index contributed by atoms with van der Waals surface area (Å²) in [6.07, 6.45) is 1.41. The van der Waals surface area contributed by atoms with Gasteiger partial charge in [-0.1, -0.05) is 38.1 Å². The Kier molecular flexibility index (Phi) is 5.90. The van der Waals surface area contributed by atoms with Crippen LogP contribution in [0.3, 0.4) is 0 Å². The lowest BCUT2D eigenvalue weighted by molar-refractivity contribution is -0.114. The number of carbonyl (C=O) groups is 1. The van der Waals surface area contributed by atoms with Crippen LogP contribution < -0.4 is 15.8 Å². The number of rotatable bonds is 7. The molecule has 3 rings (SSSR count). The summed E-state index contributed by atoms with van der Waals surface area (Å²) >= 11 is 0. The Morgan fingerprint density at radius 3 is 2.61 bits per heavy atom. The van der Waals surface area contributed by atoms with E-state index in [0.717, 1.165) is 28.0 Å². The maximum Gasteiger partial charge on any atom is 0.249 e. The third-order valence-electron chi connectivity index (χ3n) is 5.08. The molecular formula is C22H26N2O4. The van der Waals surface area contributed by atoms with Gasteiger partial charge in [-0.25, -0.2) is 0 Å². The zero-order valence-corrected chi connectivity index (χ0v) is 16.2. The second-order valence-corrected chi connectivity index (χ2v) is 7.16. The molecule has 0 bridgehead atoms. The molecule has 1 aliphatic rings. The lowest BCUT2D eigenvalue weighted by atomic mass is 9.93. The van der Waals surface area contributed by atoms with E-state index in [1.807, 2.05) is 6.07 Å². The number of hydrogen-bond acceptors (Lipinski definition) is 5. The van der Waals surface area contributed by atoms with Crippen LogP contribution in [-0.4, -0.2) is 29.3 Å². The van der Waals surface area contributed by atoms with Crippen molar-refractivity contribution >= 4 is 11.6 Å². The lowest BCUT2D eigenvalue weighted by Crippen LogP contribution is -2.21. The smallest absolute Gasteiger partial charge is 0.249 e. The minimum atomic E-state index is -0.700. The topological polar surface area (TPSA) is 105 Å². The minimum absolute atomic E-state index is 0.0588. The van der Waals surface area contributed by atoms with Gasteiger partial charge in [-0.2, -0.15) is 0 Å². The fourth-order valence-corrected chi connectivity index (χ4v) is 3.43. The van der Waals surface area contributed by atoms with Gasteiger partial charge < -0.3 is 26.0 Å². The predicted octanol–water partition coefficient (Wildman–Crippen LogP) is 3.24. The summed E-state index contributed by atoms with van der Waals surface area (Å²) in [5.74, 6) is 0.539. The largest absolute Gasteiger partial charge is 0.515 e. The van der Waals surface area contributed by atoms with Crippen LogP contribution in [0, 0.1) is 0 Å². The molecule has 0 spiro atoms. The van der Waals surface area contributed by atoms with Crippen molar-refractivity contribution in [2.24, 2.45) is 5.73 Å². The maximum atomic E-state index is 11.4. The first-order chi connectivity index (χ1) is 13.5. The summed E-state index contributed by atoms with van der Waals surface area (Å²) in [6, 6.07) is 10.3. The zero-order chi connectivity index (χ0) is 20.3. The fraction of sp³-hybridized carbons (Fsp3) is 0.318. The highest BCUT2D eigenvalue weighted by Gasteiger charge is 2.24. The summed E-state index contributed by atoms with van der Waals surface area (Å²) in [7, 11) is 0. The van der Waals surface area contributed by atoms with Gasteiger partial charge in [0.25, 0.3) is 0 Å². The predicted molar refractivity (Wildman–Crippen MR) is 109 cm³/mol. The number of hydrogen-bond donors (Lipinski definition) is 4. The molecule has 2 aromatic carbocycles. The normalized spacial score (nSPS) is 13.4. The van der Waals surface area contributed by atoms with Crippen molar-refractivity contribution in [3.8, 4) is 16.9 Å². The number of primary amides is 1. The van der Waals surface area contributed by atoms with Gasteiger partial charge in [-0.15, -0.1) is 0 Å². The zero-order valence-electron chi connectivity index (χ0n) is 16.2. The first-order valence-corrected chi connectivity index (χ1v) is 9.36. The van der Waals surface area contributed by atoms with E-state index in [-0.39, 0.29) is 18.7 Å². The average Bonchev–Trinajstić information content (AvgIpc) is 3.17. The molecule has 28 heavy (non-hydrogen) atoms. The number of aliphatic hydroxyl groups is 2. The van der Waals surface area contributed by atoms with Gasteiger partial charge >= 0.3 is 0 Å². The Labute approximate surface area is 164 Å². The number of carbonyl (C=O) groups excluding carboxylic acids is 1.